The van der Waals surface area contributed by atoms with Crippen LogP contribution in [0.2, 0.25) is 0 Å². The monoisotopic (exact) mass is 301 g/mol. The first-order valence-corrected chi connectivity index (χ1v) is 6.49. The fourth-order valence-corrected chi connectivity index (χ4v) is 2.30. The Morgan fingerprint density at radius 1 is 1.19 bits per heavy atom. The van der Waals surface area contributed by atoms with E-state index in [1.54, 1.807) is 5.38 Å². The molecule has 2 rings (SSSR count). The van der Waals surface area contributed by atoms with Crippen LogP contribution in [0.15, 0.2) is 35.7 Å². The van der Waals surface area contributed by atoms with Crippen molar-refractivity contribution >= 4 is 33.7 Å². The van der Waals surface area contributed by atoms with Crippen LogP contribution >= 0.6 is 11.3 Å². The van der Waals surface area contributed by atoms with Gasteiger partial charge in [0.2, 0.25) is 0 Å². The molecule has 0 saturated carbocycles. The van der Waals surface area contributed by atoms with Crippen molar-refractivity contribution < 1.29 is 9.85 Å². The molecule has 0 N–H and O–H groups in total. The molecule has 1 heterocycles. The lowest BCUT2D eigenvalue weighted by Crippen LogP contribution is -1.88. The number of nitrogens with zero attached hydrogens (tertiary/aromatic N) is 3. The topological polar surface area (TPSA) is 110 Å². The molecule has 104 valence electrons. The highest BCUT2D eigenvalue weighted by molar-refractivity contribution is 7.13. The summed E-state index contributed by atoms with van der Waals surface area (Å²) in [5.41, 5.74) is 1.26. The average Bonchev–Trinajstić information content (AvgIpc) is 2.93. The quantitative estimate of drug-likeness (QED) is 0.486. The number of rotatable bonds is 4. The zero-order valence-corrected chi connectivity index (χ0v) is 11.2. The highest BCUT2D eigenvalue weighted by Crippen LogP contribution is 2.26. The highest BCUT2D eigenvalue weighted by atomic mass is 32.1. The maximum atomic E-state index is 10.6. The fourth-order valence-electron chi connectivity index (χ4n) is 1.62. The largest absolute Gasteiger partial charge is 0.324 e. The Morgan fingerprint density at radius 2 is 1.86 bits per heavy atom. The normalized spacial score (nSPS) is 10.9. The average molecular weight is 301 g/mol. The van der Waals surface area contributed by atoms with E-state index in [9.17, 15) is 20.2 Å². The first kappa shape index (κ1) is 14.4. The van der Waals surface area contributed by atoms with Gasteiger partial charge in [-0.1, -0.05) is 11.3 Å². The van der Waals surface area contributed by atoms with Gasteiger partial charge in [-0.15, -0.1) is 0 Å². The van der Waals surface area contributed by atoms with Gasteiger partial charge in [0, 0.05) is 23.6 Å². The number of benzene rings is 1. The lowest BCUT2D eigenvalue weighted by molar-refractivity contribution is -0.384. The molecule has 8 heteroatoms. The van der Waals surface area contributed by atoms with Gasteiger partial charge in [-0.3, -0.25) is 20.2 Å². The molecule has 2 aromatic rings. The third-order valence-electron chi connectivity index (χ3n) is 2.61. The number of nitriles is 1. The molecule has 21 heavy (non-hydrogen) atoms. The van der Waals surface area contributed by atoms with Crippen LogP contribution in [0.1, 0.15) is 11.1 Å². The molecular formula is C13H7N3O4S. The Kier molecular flexibility index (Phi) is 4.06. The van der Waals surface area contributed by atoms with Gasteiger partial charge in [0.15, 0.2) is 0 Å². The highest BCUT2D eigenvalue weighted by Gasteiger charge is 2.10. The Labute approximate surface area is 122 Å². The third kappa shape index (κ3) is 3.29. The second-order valence-electron chi connectivity index (χ2n) is 3.95. The van der Waals surface area contributed by atoms with Crippen molar-refractivity contribution in [3.05, 3.63) is 67.1 Å². The number of thiophene rings is 1. The van der Waals surface area contributed by atoms with E-state index in [1.807, 2.05) is 6.07 Å². The van der Waals surface area contributed by atoms with Crippen LogP contribution in [0.5, 0.6) is 0 Å². The zero-order chi connectivity index (χ0) is 15.4. The molecule has 0 aliphatic heterocycles. The maximum Gasteiger partial charge on any atom is 0.324 e. The predicted molar refractivity (Wildman–Crippen MR) is 77.6 cm³/mol. The van der Waals surface area contributed by atoms with Gasteiger partial charge in [0.1, 0.15) is 0 Å². The lowest BCUT2D eigenvalue weighted by Gasteiger charge is -1.98. The first-order chi connectivity index (χ1) is 10.0. The summed E-state index contributed by atoms with van der Waals surface area (Å²) in [7, 11) is 0. The van der Waals surface area contributed by atoms with Gasteiger partial charge < -0.3 is 0 Å². The summed E-state index contributed by atoms with van der Waals surface area (Å²) in [5, 5.41) is 31.9. The minimum atomic E-state index is -0.526. The molecule has 0 bridgehead atoms. The number of hydrogen-bond acceptors (Lipinski definition) is 6. The van der Waals surface area contributed by atoms with Crippen LogP contribution < -0.4 is 0 Å². The summed E-state index contributed by atoms with van der Waals surface area (Å²) >= 11 is 0.969. The van der Waals surface area contributed by atoms with Gasteiger partial charge in [0.25, 0.3) is 5.69 Å². The second kappa shape index (κ2) is 5.94. The van der Waals surface area contributed by atoms with Crippen molar-refractivity contribution in [1.29, 1.82) is 5.26 Å². The predicted octanol–water partition coefficient (Wildman–Crippen LogP) is 3.63. The third-order valence-corrected chi connectivity index (χ3v) is 3.50. The molecule has 0 unspecified atom stereocenters. The summed E-state index contributed by atoms with van der Waals surface area (Å²) in [6, 6.07) is 8.89. The molecule has 0 saturated heterocycles. The molecule has 0 atom stereocenters. The summed E-state index contributed by atoms with van der Waals surface area (Å²) in [5.74, 6) is 0. The smallest absolute Gasteiger partial charge is 0.258 e. The standard InChI is InChI=1S/C13H7N3O4S/c14-7-11(5-9-6-13(16(19)20)21-8-9)10-1-3-12(4-2-10)15(17)18/h1-6,8H/b11-5-. The molecule has 0 aliphatic rings. The van der Waals surface area contributed by atoms with Gasteiger partial charge in [-0.2, -0.15) is 5.26 Å². The Morgan fingerprint density at radius 3 is 2.33 bits per heavy atom. The Balaban J connectivity index is 2.34. The Bertz CT molecular complexity index is 771. The van der Waals surface area contributed by atoms with E-state index in [2.05, 4.69) is 0 Å². The molecular weight excluding hydrogens is 294 g/mol. The van der Waals surface area contributed by atoms with Crippen LogP contribution in [0.4, 0.5) is 10.7 Å². The van der Waals surface area contributed by atoms with Gasteiger partial charge in [-0.25, -0.2) is 0 Å². The van der Waals surface area contributed by atoms with Crippen LogP contribution in [-0.2, 0) is 0 Å². The van der Waals surface area contributed by atoms with E-state index >= 15 is 0 Å². The van der Waals surface area contributed by atoms with E-state index in [-0.39, 0.29) is 16.3 Å². The molecule has 0 aliphatic carbocycles. The molecule has 0 radical (unpaired) electrons. The van der Waals surface area contributed by atoms with Crippen molar-refractivity contribution in [2.24, 2.45) is 0 Å². The first-order valence-electron chi connectivity index (χ1n) is 5.61. The number of nitro groups is 2. The van der Waals surface area contributed by atoms with E-state index in [0.29, 0.717) is 11.1 Å². The number of allylic oxidation sites excluding steroid dienone is 1. The summed E-state index contributed by atoms with van der Waals surface area (Å²) in [6.45, 7) is 0. The van der Waals surface area contributed by atoms with E-state index in [4.69, 9.17) is 5.26 Å². The number of hydrogen-bond donors (Lipinski definition) is 0. The molecule has 1 aromatic heterocycles. The fraction of sp³-hybridized carbons (Fsp3) is 0. The summed E-state index contributed by atoms with van der Waals surface area (Å²) in [4.78, 5) is 20.2. The van der Waals surface area contributed by atoms with E-state index in [0.717, 1.165) is 11.3 Å². The number of nitro benzene ring substituents is 1. The van der Waals surface area contributed by atoms with Gasteiger partial charge in [-0.05, 0) is 29.3 Å². The minimum Gasteiger partial charge on any atom is -0.258 e. The van der Waals surface area contributed by atoms with Crippen molar-refractivity contribution in [3.8, 4) is 6.07 Å². The maximum absolute atomic E-state index is 10.6. The molecule has 0 spiro atoms. The van der Waals surface area contributed by atoms with Crippen LogP contribution in [0, 0.1) is 31.6 Å². The van der Waals surface area contributed by atoms with Gasteiger partial charge in [0.05, 0.1) is 21.5 Å². The van der Waals surface area contributed by atoms with Crippen LogP contribution in [0.3, 0.4) is 0 Å². The summed E-state index contributed by atoms with van der Waals surface area (Å²) < 4.78 is 0. The zero-order valence-electron chi connectivity index (χ0n) is 10.4. The summed E-state index contributed by atoms with van der Waals surface area (Å²) in [6.07, 6.45) is 1.50. The Hall–Kier alpha value is -3.05. The molecule has 1 aromatic carbocycles. The van der Waals surface area contributed by atoms with Crippen LogP contribution in [-0.4, -0.2) is 9.85 Å². The minimum absolute atomic E-state index is 0.0118. The van der Waals surface area contributed by atoms with Crippen LogP contribution in [0.25, 0.3) is 11.6 Å². The van der Waals surface area contributed by atoms with Gasteiger partial charge >= 0.3 is 5.00 Å². The van der Waals surface area contributed by atoms with E-state index < -0.39 is 9.85 Å². The second-order valence-corrected chi connectivity index (χ2v) is 4.84. The molecule has 0 amide bonds. The number of non-ortho nitro benzene ring substituents is 1. The van der Waals surface area contributed by atoms with E-state index in [1.165, 1.54) is 36.4 Å². The van der Waals surface area contributed by atoms with Crippen molar-refractivity contribution in [2.45, 2.75) is 0 Å². The van der Waals surface area contributed by atoms with Crippen molar-refractivity contribution in [1.82, 2.24) is 0 Å². The SMILES string of the molecule is N#C/C(=C/c1csc([N+](=O)[O-])c1)c1ccc([N+](=O)[O-])cc1. The lowest BCUT2D eigenvalue weighted by atomic mass is 10.0. The van der Waals surface area contributed by atoms with Crippen molar-refractivity contribution in [3.63, 3.8) is 0 Å². The molecule has 7 nitrogen and oxygen atoms in total. The molecule has 0 fully saturated rings. The van der Waals surface area contributed by atoms with Crippen molar-refractivity contribution in [2.75, 3.05) is 0 Å².